The van der Waals surface area contributed by atoms with Crippen LogP contribution in [0.2, 0.25) is 0 Å². The maximum Gasteiger partial charge on any atom is 0.129 e. The number of nitrogens with one attached hydrogen (secondary N) is 1. The molecule has 0 saturated heterocycles. The molecule has 2 aromatic carbocycles. The van der Waals surface area contributed by atoms with Gasteiger partial charge in [0.25, 0.3) is 0 Å². The molecule has 0 atom stereocenters. The summed E-state index contributed by atoms with van der Waals surface area (Å²) in [6.45, 7) is 0.247. The summed E-state index contributed by atoms with van der Waals surface area (Å²) >= 11 is 0. The molecule has 0 heterocycles. The van der Waals surface area contributed by atoms with Crippen LogP contribution in [0.3, 0.4) is 0 Å². The van der Waals surface area contributed by atoms with Gasteiger partial charge in [0.2, 0.25) is 0 Å². The van der Waals surface area contributed by atoms with Gasteiger partial charge in [0.05, 0.1) is 11.6 Å². The van der Waals surface area contributed by atoms with Crippen molar-refractivity contribution in [2.75, 3.05) is 0 Å². The summed E-state index contributed by atoms with van der Waals surface area (Å²) in [5, 5.41) is 11.5. The fourth-order valence-electron chi connectivity index (χ4n) is 1.77. The lowest BCUT2D eigenvalue weighted by molar-refractivity contribution is 0.558. The highest BCUT2D eigenvalue weighted by Gasteiger charge is 2.06. The van der Waals surface area contributed by atoms with Gasteiger partial charge in [-0.2, -0.15) is 5.26 Å². The lowest BCUT2D eigenvalue weighted by atomic mass is 10.1. The first kappa shape index (κ1) is 14.1. The molecule has 0 fully saturated rings. The Balaban J connectivity index is 2.00. The Morgan fingerprint density at radius 1 is 0.900 bits per heavy atom. The zero-order valence-electron chi connectivity index (χ0n) is 10.5. The molecule has 0 aromatic heterocycles. The monoisotopic (exact) mass is 276 g/mol. The molecule has 0 unspecified atom stereocenters. The van der Waals surface area contributed by atoms with Crippen LogP contribution in [0.25, 0.3) is 0 Å². The van der Waals surface area contributed by atoms with E-state index in [9.17, 15) is 13.2 Å². The standard InChI is InChI=1S/C15H11F3N2/c16-13-3-4-14(17)12(6-13)9-20-8-11-2-1-10(7-19)5-15(11)18/h1-6,20H,8-9H2. The SMILES string of the molecule is N#Cc1ccc(CNCc2cc(F)ccc2F)c(F)c1. The Labute approximate surface area is 114 Å². The zero-order chi connectivity index (χ0) is 14.5. The quantitative estimate of drug-likeness (QED) is 0.930. The van der Waals surface area contributed by atoms with E-state index in [1.807, 2.05) is 6.07 Å². The third-order valence-corrected chi connectivity index (χ3v) is 2.82. The van der Waals surface area contributed by atoms with Crippen molar-refractivity contribution in [3.05, 3.63) is 70.5 Å². The van der Waals surface area contributed by atoms with E-state index in [4.69, 9.17) is 5.26 Å². The molecule has 102 valence electrons. The maximum absolute atomic E-state index is 13.6. The van der Waals surface area contributed by atoms with Gasteiger partial charge in [-0.1, -0.05) is 6.07 Å². The van der Waals surface area contributed by atoms with Crippen molar-refractivity contribution in [1.82, 2.24) is 5.32 Å². The number of nitriles is 1. The van der Waals surface area contributed by atoms with E-state index in [1.165, 1.54) is 12.1 Å². The Kier molecular flexibility index (Phi) is 4.38. The number of halogens is 3. The third-order valence-electron chi connectivity index (χ3n) is 2.82. The van der Waals surface area contributed by atoms with Gasteiger partial charge in [-0.25, -0.2) is 13.2 Å². The van der Waals surface area contributed by atoms with E-state index < -0.39 is 17.5 Å². The molecule has 1 N–H and O–H groups in total. The van der Waals surface area contributed by atoms with Crippen LogP contribution >= 0.6 is 0 Å². The molecule has 0 aliphatic rings. The van der Waals surface area contributed by atoms with E-state index in [0.29, 0.717) is 5.56 Å². The molecule has 0 saturated carbocycles. The highest BCUT2D eigenvalue weighted by Crippen LogP contribution is 2.12. The van der Waals surface area contributed by atoms with Crippen molar-refractivity contribution in [2.45, 2.75) is 13.1 Å². The second kappa shape index (κ2) is 6.22. The van der Waals surface area contributed by atoms with Crippen LogP contribution in [0, 0.1) is 28.8 Å². The average Bonchev–Trinajstić information content (AvgIpc) is 2.44. The largest absolute Gasteiger partial charge is 0.308 e. The molecule has 2 aromatic rings. The van der Waals surface area contributed by atoms with Gasteiger partial charge in [0.1, 0.15) is 17.5 Å². The van der Waals surface area contributed by atoms with Gasteiger partial charge in [-0.3, -0.25) is 0 Å². The first-order valence-electron chi connectivity index (χ1n) is 5.93. The number of hydrogen-bond donors (Lipinski definition) is 1. The van der Waals surface area contributed by atoms with Crippen molar-refractivity contribution in [1.29, 1.82) is 5.26 Å². The molecular weight excluding hydrogens is 265 g/mol. The Morgan fingerprint density at radius 2 is 1.65 bits per heavy atom. The van der Waals surface area contributed by atoms with Crippen LogP contribution < -0.4 is 5.32 Å². The number of nitrogens with zero attached hydrogens (tertiary/aromatic N) is 1. The number of rotatable bonds is 4. The van der Waals surface area contributed by atoms with Gasteiger partial charge >= 0.3 is 0 Å². The molecule has 2 nitrogen and oxygen atoms in total. The molecule has 20 heavy (non-hydrogen) atoms. The predicted molar refractivity (Wildman–Crippen MR) is 68.0 cm³/mol. The third kappa shape index (κ3) is 3.37. The molecule has 2 rings (SSSR count). The van der Waals surface area contributed by atoms with Gasteiger partial charge in [-0.05, 0) is 30.3 Å². The summed E-state index contributed by atoms with van der Waals surface area (Å²) in [5.41, 5.74) is 0.780. The smallest absolute Gasteiger partial charge is 0.129 e. The fraction of sp³-hybridized carbons (Fsp3) is 0.133. The van der Waals surface area contributed by atoms with Crippen molar-refractivity contribution in [3.8, 4) is 6.07 Å². The number of hydrogen-bond acceptors (Lipinski definition) is 2. The van der Waals surface area contributed by atoms with Crippen molar-refractivity contribution < 1.29 is 13.2 Å². The van der Waals surface area contributed by atoms with Crippen molar-refractivity contribution in [3.63, 3.8) is 0 Å². The molecule has 0 spiro atoms. The summed E-state index contributed by atoms with van der Waals surface area (Å²) in [5.74, 6) is -1.54. The summed E-state index contributed by atoms with van der Waals surface area (Å²) in [6.07, 6.45) is 0. The van der Waals surface area contributed by atoms with E-state index in [1.54, 1.807) is 0 Å². The summed E-state index contributed by atoms with van der Waals surface area (Å²) in [6, 6.07) is 9.16. The first-order chi connectivity index (χ1) is 9.60. The zero-order valence-corrected chi connectivity index (χ0v) is 10.5. The molecule has 5 heteroatoms. The summed E-state index contributed by atoms with van der Waals surface area (Å²) < 4.78 is 39.9. The van der Waals surface area contributed by atoms with Crippen LogP contribution in [0.5, 0.6) is 0 Å². The van der Waals surface area contributed by atoms with Gasteiger partial charge in [0.15, 0.2) is 0 Å². The van der Waals surface area contributed by atoms with E-state index in [-0.39, 0.29) is 24.2 Å². The second-order valence-electron chi connectivity index (χ2n) is 4.26. The molecule has 0 aliphatic heterocycles. The lowest BCUT2D eigenvalue weighted by Gasteiger charge is -2.07. The minimum atomic E-state index is -0.521. The average molecular weight is 276 g/mol. The minimum Gasteiger partial charge on any atom is -0.308 e. The lowest BCUT2D eigenvalue weighted by Crippen LogP contribution is -2.15. The van der Waals surface area contributed by atoms with Crippen LogP contribution in [0.4, 0.5) is 13.2 Å². The highest BCUT2D eigenvalue weighted by atomic mass is 19.1. The van der Waals surface area contributed by atoms with Gasteiger partial charge in [-0.15, -0.1) is 0 Å². The Hall–Kier alpha value is -2.32. The predicted octanol–water partition coefficient (Wildman–Crippen LogP) is 3.27. The molecule has 0 amide bonds. The van der Waals surface area contributed by atoms with Crippen LogP contribution in [0.15, 0.2) is 36.4 Å². The maximum atomic E-state index is 13.6. The first-order valence-corrected chi connectivity index (χ1v) is 5.93. The topological polar surface area (TPSA) is 35.8 Å². The number of benzene rings is 2. The van der Waals surface area contributed by atoms with E-state index in [2.05, 4.69) is 5.32 Å². The molecular formula is C15H11F3N2. The molecule has 0 radical (unpaired) electrons. The van der Waals surface area contributed by atoms with E-state index >= 15 is 0 Å². The van der Waals surface area contributed by atoms with Crippen molar-refractivity contribution >= 4 is 0 Å². The van der Waals surface area contributed by atoms with Gasteiger partial charge in [0, 0.05) is 24.2 Å². The van der Waals surface area contributed by atoms with Crippen LogP contribution in [-0.4, -0.2) is 0 Å². The summed E-state index contributed by atoms with van der Waals surface area (Å²) in [4.78, 5) is 0. The van der Waals surface area contributed by atoms with Gasteiger partial charge < -0.3 is 5.32 Å². The fourth-order valence-corrected chi connectivity index (χ4v) is 1.77. The molecule has 0 bridgehead atoms. The molecule has 0 aliphatic carbocycles. The summed E-state index contributed by atoms with van der Waals surface area (Å²) in [7, 11) is 0. The Morgan fingerprint density at radius 3 is 2.35 bits per heavy atom. The highest BCUT2D eigenvalue weighted by molar-refractivity contribution is 5.32. The second-order valence-corrected chi connectivity index (χ2v) is 4.26. The van der Waals surface area contributed by atoms with Crippen LogP contribution in [-0.2, 0) is 13.1 Å². The van der Waals surface area contributed by atoms with E-state index in [0.717, 1.165) is 24.3 Å². The van der Waals surface area contributed by atoms with Crippen molar-refractivity contribution in [2.24, 2.45) is 0 Å². The normalized spacial score (nSPS) is 10.3. The Bertz CT molecular complexity index is 663. The van der Waals surface area contributed by atoms with Crippen LogP contribution in [0.1, 0.15) is 16.7 Å². The minimum absolute atomic E-state index is 0.0863.